The van der Waals surface area contributed by atoms with E-state index in [1.807, 2.05) is 26.8 Å². The molecule has 0 bridgehead atoms. The minimum absolute atomic E-state index is 0.0525. The van der Waals surface area contributed by atoms with Crippen LogP contribution in [0.1, 0.15) is 37.6 Å². The highest BCUT2D eigenvalue weighted by Gasteiger charge is 2.11. The Labute approximate surface area is 96.4 Å². The predicted molar refractivity (Wildman–Crippen MR) is 62.8 cm³/mol. The van der Waals surface area contributed by atoms with E-state index in [-0.39, 0.29) is 12.1 Å². The normalized spacial score (nSPS) is 11.9. The Morgan fingerprint density at radius 3 is 2.75 bits per heavy atom. The van der Waals surface area contributed by atoms with Crippen molar-refractivity contribution in [1.82, 2.24) is 0 Å². The number of benzene rings is 1. The van der Waals surface area contributed by atoms with Gasteiger partial charge in [0.25, 0.3) is 0 Å². The van der Waals surface area contributed by atoms with Crippen LogP contribution in [-0.2, 0) is 4.74 Å². The molecule has 88 valence electrons. The summed E-state index contributed by atoms with van der Waals surface area (Å²) in [5.74, 6) is 0.400. The van der Waals surface area contributed by atoms with Crippen molar-refractivity contribution in [3.05, 3.63) is 29.8 Å². The third-order valence-corrected chi connectivity index (χ3v) is 2.26. The molecule has 0 aromatic heterocycles. The highest BCUT2D eigenvalue weighted by atomic mass is 16.5. The molecule has 0 radical (unpaired) electrons. The molecule has 0 fully saturated rings. The SMILES string of the molecule is CCOc1cccc(C(=O)OC(C)CC)c1. The van der Waals surface area contributed by atoms with Crippen LogP contribution < -0.4 is 4.74 Å². The molecule has 0 spiro atoms. The predicted octanol–water partition coefficient (Wildman–Crippen LogP) is 3.04. The summed E-state index contributed by atoms with van der Waals surface area (Å²) in [6.07, 6.45) is 0.764. The van der Waals surface area contributed by atoms with Crippen LogP contribution in [0.15, 0.2) is 24.3 Å². The van der Waals surface area contributed by atoms with Gasteiger partial charge < -0.3 is 9.47 Å². The van der Waals surface area contributed by atoms with E-state index >= 15 is 0 Å². The lowest BCUT2D eigenvalue weighted by Crippen LogP contribution is -2.14. The second kappa shape index (κ2) is 6.16. The Morgan fingerprint density at radius 2 is 2.12 bits per heavy atom. The van der Waals surface area contributed by atoms with Crippen LogP contribution in [0.2, 0.25) is 0 Å². The Morgan fingerprint density at radius 1 is 1.38 bits per heavy atom. The fraction of sp³-hybridized carbons (Fsp3) is 0.462. The lowest BCUT2D eigenvalue weighted by molar-refractivity contribution is 0.0334. The van der Waals surface area contributed by atoms with Gasteiger partial charge >= 0.3 is 5.97 Å². The zero-order valence-corrected chi connectivity index (χ0v) is 10.0. The van der Waals surface area contributed by atoms with Crippen molar-refractivity contribution in [3.63, 3.8) is 0 Å². The maximum atomic E-state index is 11.7. The maximum absolute atomic E-state index is 11.7. The number of hydrogen-bond acceptors (Lipinski definition) is 3. The molecule has 1 aromatic carbocycles. The lowest BCUT2D eigenvalue weighted by Gasteiger charge is -2.11. The maximum Gasteiger partial charge on any atom is 0.338 e. The largest absolute Gasteiger partial charge is 0.494 e. The summed E-state index contributed by atoms with van der Waals surface area (Å²) in [4.78, 5) is 11.7. The number of carbonyl (C=O) groups is 1. The van der Waals surface area contributed by atoms with Crippen molar-refractivity contribution in [2.75, 3.05) is 6.61 Å². The standard InChI is InChI=1S/C13H18O3/c1-4-10(3)16-13(14)11-7-6-8-12(9-11)15-5-2/h6-10H,4-5H2,1-3H3. The van der Waals surface area contributed by atoms with Gasteiger partial charge in [-0.05, 0) is 38.5 Å². The van der Waals surface area contributed by atoms with E-state index in [9.17, 15) is 4.79 Å². The molecule has 1 unspecified atom stereocenters. The Hall–Kier alpha value is -1.51. The Balaban J connectivity index is 2.71. The van der Waals surface area contributed by atoms with E-state index in [0.29, 0.717) is 17.9 Å². The van der Waals surface area contributed by atoms with Gasteiger partial charge in [-0.15, -0.1) is 0 Å². The van der Waals surface area contributed by atoms with Crippen LogP contribution in [0, 0.1) is 0 Å². The summed E-state index contributed by atoms with van der Waals surface area (Å²) >= 11 is 0. The summed E-state index contributed by atoms with van der Waals surface area (Å²) < 4.78 is 10.5. The van der Waals surface area contributed by atoms with Crippen molar-refractivity contribution < 1.29 is 14.3 Å². The molecule has 0 aliphatic heterocycles. The van der Waals surface area contributed by atoms with Crippen LogP contribution in [0.3, 0.4) is 0 Å². The van der Waals surface area contributed by atoms with E-state index in [1.54, 1.807) is 18.2 Å². The van der Waals surface area contributed by atoms with Gasteiger partial charge in [-0.1, -0.05) is 13.0 Å². The summed E-state index contributed by atoms with van der Waals surface area (Å²) in [5, 5.41) is 0. The second-order valence-electron chi connectivity index (χ2n) is 3.59. The summed E-state index contributed by atoms with van der Waals surface area (Å²) in [5.41, 5.74) is 0.534. The molecule has 1 aromatic rings. The molecule has 0 heterocycles. The van der Waals surface area contributed by atoms with Crippen LogP contribution in [0.4, 0.5) is 0 Å². The molecule has 0 amide bonds. The fourth-order valence-corrected chi connectivity index (χ4v) is 1.21. The van der Waals surface area contributed by atoms with E-state index in [1.165, 1.54) is 0 Å². The van der Waals surface area contributed by atoms with Crippen LogP contribution >= 0.6 is 0 Å². The van der Waals surface area contributed by atoms with Gasteiger partial charge in [0, 0.05) is 0 Å². The van der Waals surface area contributed by atoms with Gasteiger partial charge in [0.15, 0.2) is 0 Å². The number of rotatable bonds is 5. The zero-order chi connectivity index (χ0) is 12.0. The molecular weight excluding hydrogens is 204 g/mol. The molecule has 0 saturated heterocycles. The smallest absolute Gasteiger partial charge is 0.338 e. The topological polar surface area (TPSA) is 35.5 Å². The zero-order valence-electron chi connectivity index (χ0n) is 10.0. The average Bonchev–Trinajstić information content (AvgIpc) is 2.29. The third kappa shape index (κ3) is 3.57. The minimum atomic E-state index is -0.295. The molecule has 0 saturated carbocycles. The fourth-order valence-electron chi connectivity index (χ4n) is 1.21. The quantitative estimate of drug-likeness (QED) is 0.718. The number of hydrogen-bond donors (Lipinski definition) is 0. The van der Waals surface area contributed by atoms with Gasteiger partial charge in [-0.3, -0.25) is 0 Å². The third-order valence-electron chi connectivity index (χ3n) is 2.26. The summed E-state index contributed by atoms with van der Waals surface area (Å²) in [6, 6.07) is 7.04. The number of esters is 1. The Bertz CT molecular complexity index is 347. The molecule has 1 atom stereocenters. The van der Waals surface area contributed by atoms with Crippen molar-refractivity contribution in [2.45, 2.75) is 33.3 Å². The first-order chi connectivity index (χ1) is 7.67. The van der Waals surface area contributed by atoms with Gasteiger partial charge in [0.1, 0.15) is 5.75 Å². The van der Waals surface area contributed by atoms with E-state index in [0.717, 1.165) is 6.42 Å². The molecular formula is C13H18O3. The number of carbonyl (C=O) groups excluding carboxylic acids is 1. The van der Waals surface area contributed by atoms with Crippen molar-refractivity contribution in [2.24, 2.45) is 0 Å². The van der Waals surface area contributed by atoms with Gasteiger partial charge in [-0.2, -0.15) is 0 Å². The monoisotopic (exact) mass is 222 g/mol. The van der Waals surface area contributed by atoms with Crippen LogP contribution in [0.5, 0.6) is 5.75 Å². The van der Waals surface area contributed by atoms with Crippen LogP contribution in [-0.4, -0.2) is 18.7 Å². The molecule has 0 aliphatic rings. The molecule has 3 nitrogen and oxygen atoms in total. The molecule has 0 N–H and O–H groups in total. The lowest BCUT2D eigenvalue weighted by atomic mass is 10.2. The molecule has 16 heavy (non-hydrogen) atoms. The Kier molecular flexibility index (Phi) is 4.83. The van der Waals surface area contributed by atoms with E-state index < -0.39 is 0 Å². The molecule has 1 rings (SSSR count). The minimum Gasteiger partial charge on any atom is -0.494 e. The second-order valence-corrected chi connectivity index (χ2v) is 3.59. The first-order valence-electron chi connectivity index (χ1n) is 5.61. The average molecular weight is 222 g/mol. The first kappa shape index (κ1) is 12.6. The van der Waals surface area contributed by atoms with Gasteiger partial charge in [0.05, 0.1) is 18.3 Å². The first-order valence-corrected chi connectivity index (χ1v) is 5.61. The molecule has 0 aliphatic carbocycles. The van der Waals surface area contributed by atoms with Gasteiger partial charge in [-0.25, -0.2) is 4.79 Å². The highest BCUT2D eigenvalue weighted by Crippen LogP contribution is 2.15. The number of ether oxygens (including phenoxy) is 2. The van der Waals surface area contributed by atoms with Gasteiger partial charge in [0.2, 0.25) is 0 Å². The molecule has 3 heteroatoms. The van der Waals surface area contributed by atoms with Crippen molar-refractivity contribution >= 4 is 5.97 Å². The van der Waals surface area contributed by atoms with Crippen molar-refractivity contribution in [1.29, 1.82) is 0 Å². The van der Waals surface area contributed by atoms with Crippen molar-refractivity contribution in [3.8, 4) is 5.75 Å². The summed E-state index contributed by atoms with van der Waals surface area (Å²) in [7, 11) is 0. The summed E-state index contributed by atoms with van der Waals surface area (Å²) in [6.45, 7) is 6.35. The van der Waals surface area contributed by atoms with Crippen LogP contribution in [0.25, 0.3) is 0 Å². The van der Waals surface area contributed by atoms with E-state index in [2.05, 4.69) is 0 Å². The van der Waals surface area contributed by atoms with E-state index in [4.69, 9.17) is 9.47 Å². The highest BCUT2D eigenvalue weighted by molar-refractivity contribution is 5.89.